The summed E-state index contributed by atoms with van der Waals surface area (Å²) >= 11 is 0. The van der Waals surface area contributed by atoms with Crippen molar-refractivity contribution >= 4 is 5.91 Å². The topological polar surface area (TPSA) is 50.4 Å². The largest absolute Gasteiger partial charge is 0.573 e. The molecule has 122 valence electrons. The van der Waals surface area contributed by atoms with E-state index < -0.39 is 18.0 Å². The lowest BCUT2D eigenvalue weighted by Crippen LogP contribution is -2.28. The molecular weight excluding hydrogens is 297 g/mol. The molecule has 2 N–H and O–H groups in total. The Morgan fingerprint density at radius 3 is 2.64 bits per heavy atom. The average molecular weight is 316 g/mol. The molecule has 1 aliphatic heterocycles. The molecule has 0 bridgehead atoms. The average Bonchev–Trinajstić information content (AvgIpc) is 2.47. The first-order chi connectivity index (χ1) is 10.4. The number of hydrogen-bond donors (Lipinski definition) is 2. The monoisotopic (exact) mass is 316 g/mol. The van der Waals surface area contributed by atoms with Crippen molar-refractivity contribution in [3.63, 3.8) is 0 Å². The normalized spacial score (nSPS) is 16.4. The minimum atomic E-state index is -4.82. The second-order valence-corrected chi connectivity index (χ2v) is 5.19. The maximum absolute atomic E-state index is 12.5. The Hall–Kier alpha value is -1.76. The van der Waals surface area contributed by atoms with Crippen LogP contribution in [0.5, 0.6) is 5.75 Å². The fourth-order valence-electron chi connectivity index (χ4n) is 2.60. The highest BCUT2D eigenvalue weighted by Crippen LogP contribution is 2.32. The highest BCUT2D eigenvalue weighted by atomic mass is 19.4. The van der Waals surface area contributed by atoms with Crippen molar-refractivity contribution in [1.29, 1.82) is 0 Å². The van der Waals surface area contributed by atoms with Crippen LogP contribution in [-0.4, -0.2) is 31.9 Å². The Labute approximate surface area is 127 Å². The molecule has 0 aliphatic carbocycles. The minimum Gasteiger partial charge on any atom is -0.405 e. The van der Waals surface area contributed by atoms with Gasteiger partial charge in [0, 0.05) is 6.54 Å². The molecule has 2 rings (SSSR count). The summed E-state index contributed by atoms with van der Waals surface area (Å²) in [6, 6.07) is 4.36. The maximum atomic E-state index is 12.5. The molecule has 0 atom stereocenters. The van der Waals surface area contributed by atoms with Crippen molar-refractivity contribution in [2.75, 3.05) is 19.6 Å². The van der Waals surface area contributed by atoms with Crippen LogP contribution in [0.1, 0.15) is 41.6 Å². The molecule has 0 saturated carbocycles. The molecule has 4 nitrogen and oxygen atoms in total. The highest BCUT2D eigenvalue weighted by molar-refractivity contribution is 5.97. The number of carbonyl (C=O) groups excluding carboxylic acids is 1. The first-order valence-corrected chi connectivity index (χ1v) is 7.29. The van der Waals surface area contributed by atoms with E-state index in [2.05, 4.69) is 15.4 Å². The number of rotatable bonds is 4. The van der Waals surface area contributed by atoms with Gasteiger partial charge in [-0.25, -0.2) is 0 Å². The Morgan fingerprint density at radius 2 is 2.05 bits per heavy atom. The van der Waals surface area contributed by atoms with E-state index >= 15 is 0 Å². The van der Waals surface area contributed by atoms with Gasteiger partial charge in [0.15, 0.2) is 0 Å². The smallest absolute Gasteiger partial charge is 0.405 e. The van der Waals surface area contributed by atoms with Crippen LogP contribution in [0.25, 0.3) is 0 Å². The lowest BCUT2D eigenvalue weighted by molar-refractivity contribution is -0.274. The molecule has 0 unspecified atom stereocenters. The van der Waals surface area contributed by atoms with E-state index in [1.165, 1.54) is 12.1 Å². The second-order valence-electron chi connectivity index (χ2n) is 5.19. The number of halogens is 3. The van der Waals surface area contributed by atoms with Crippen molar-refractivity contribution in [2.45, 2.75) is 32.0 Å². The zero-order valence-corrected chi connectivity index (χ0v) is 12.3. The van der Waals surface area contributed by atoms with Crippen molar-refractivity contribution in [1.82, 2.24) is 10.6 Å². The van der Waals surface area contributed by atoms with Crippen molar-refractivity contribution in [2.24, 2.45) is 0 Å². The van der Waals surface area contributed by atoms with Gasteiger partial charge in [-0.1, -0.05) is 6.07 Å². The van der Waals surface area contributed by atoms with Crippen LogP contribution in [0.3, 0.4) is 0 Å². The highest BCUT2D eigenvalue weighted by Gasteiger charge is 2.33. The van der Waals surface area contributed by atoms with E-state index in [1.807, 2.05) is 0 Å². The number of amides is 1. The molecule has 1 fully saturated rings. The SMILES string of the molecule is CCNC(=O)c1cc(C2CCNCC2)ccc1OC(F)(F)F. The first-order valence-electron chi connectivity index (χ1n) is 7.29. The van der Waals surface area contributed by atoms with Gasteiger partial charge in [0.25, 0.3) is 5.91 Å². The van der Waals surface area contributed by atoms with Gasteiger partial charge in [0.05, 0.1) is 5.56 Å². The van der Waals surface area contributed by atoms with E-state index in [9.17, 15) is 18.0 Å². The van der Waals surface area contributed by atoms with Crippen LogP contribution in [0.2, 0.25) is 0 Å². The zero-order valence-electron chi connectivity index (χ0n) is 12.3. The second kappa shape index (κ2) is 7.00. The molecule has 1 amide bonds. The lowest BCUT2D eigenvalue weighted by Gasteiger charge is -2.24. The summed E-state index contributed by atoms with van der Waals surface area (Å²) in [6.45, 7) is 3.77. The van der Waals surface area contributed by atoms with E-state index in [0.717, 1.165) is 31.5 Å². The van der Waals surface area contributed by atoms with E-state index in [-0.39, 0.29) is 11.5 Å². The number of benzene rings is 1. The number of carbonyl (C=O) groups is 1. The standard InChI is InChI=1S/C15H19F3N2O2/c1-2-20-14(21)12-9-11(10-5-7-19-8-6-10)3-4-13(12)22-15(16,17)18/h3-4,9-10,19H,2,5-8H2,1H3,(H,20,21). The molecule has 1 aromatic rings. The third-order valence-corrected chi connectivity index (χ3v) is 3.62. The Kier molecular flexibility index (Phi) is 5.28. The molecule has 7 heteroatoms. The van der Waals surface area contributed by atoms with Crippen molar-refractivity contribution in [3.8, 4) is 5.75 Å². The summed E-state index contributed by atoms with van der Waals surface area (Å²) < 4.78 is 41.4. The van der Waals surface area contributed by atoms with Crippen LogP contribution in [0.4, 0.5) is 13.2 Å². The van der Waals surface area contributed by atoms with E-state index in [4.69, 9.17) is 0 Å². The fraction of sp³-hybridized carbons (Fsp3) is 0.533. The summed E-state index contributed by atoms with van der Waals surface area (Å²) in [4.78, 5) is 12.0. The van der Waals surface area contributed by atoms with Crippen molar-refractivity contribution in [3.05, 3.63) is 29.3 Å². The minimum absolute atomic E-state index is 0.0739. The Morgan fingerprint density at radius 1 is 1.36 bits per heavy atom. The summed E-state index contributed by atoms with van der Waals surface area (Å²) in [5, 5.41) is 5.75. The number of hydrogen-bond acceptors (Lipinski definition) is 3. The third-order valence-electron chi connectivity index (χ3n) is 3.62. The van der Waals surface area contributed by atoms with Gasteiger partial charge < -0.3 is 15.4 Å². The number of piperidine rings is 1. The molecule has 1 heterocycles. The molecule has 1 aromatic carbocycles. The Bertz CT molecular complexity index is 526. The van der Waals surface area contributed by atoms with Crippen LogP contribution < -0.4 is 15.4 Å². The molecule has 1 aliphatic rings. The fourth-order valence-corrected chi connectivity index (χ4v) is 2.60. The predicted molar refractivity (Wildman–Crippen MR) is 76.0 cm³/mol. The van der Waals surface area contributed by atoms with Gasteiger partial charge in [-0.3, -0.25) is 4.79 Å². The summed E-state index contributed by atoms with van der Waals surface area (Å²) in [6.07, 6.45) is -3.03. The molecular formula is C15H19F3N2O2. The third kappa shape index (κ3) is 4.37. The van der Waals surface area contributed by atoms with Gasteiger partial charge in [-0.15, -0.1) is 13.2 Å². The number of nitrogens with one attached hydrogen (secondary N) is 2. The molecule has 22 heavy (non-hydrogen) atoms. The molecule has 1 saturated heterocycles. The lowest BCUT2D eigenvalue weighted by atomic mass is 9.89. The number of ether oxygens (including phenoxy) is 1. The quantitative estimate of drug-likeness (QED) is 0.898. The summed E-state index contributed by atoms with van der Waals surface area (Å²) in [7, 11) is 0. The zero-order chi connectivity index (χ0) is 16.2. The summed E-state index contributed by atoms with van der Waals surface area (Å²) in [5.41, 5.74) is 0.799. The van der Waals surface area contributed by atoms with Crippen LogP contribution in [-0.2, 0) is 0 Å². The van der Waals surface area contributed by atoms with Crippen LogP contribution >= 0.6 is 0 Å². The van der Waals surface area contributed by atoms with E-state index in [1.54, 1.807) is 13.0 Å². The predicted octanol–water partition coefficient (Wildman–Crippen LogP) is 2.80. The Balaban J connectivity index is 2.31. The van der Waals surface area contributed by atoms with E-state index in [0.29, 0.717) is 6.54 Å². The first kappa shape index (κ1) is 16.6. The van der Waals surface area contributed by atoms with Gasteiger partial charge in [-0.05, 0) is 56.5 Å². The molecule has 0 aromatic heterocycles. The summed E-state index contributed by atoms with van der Waals surface area (Å²) in [5.74, 6) is -0.775. The molecule has 0 spiro atoms. The van der Waals surface area contributed by atoms with Crippen LogP contribution in [0.15, 0.2) is 18.2 Å². The van der Waals surface area contributed by atoms with Gasteiger partial charge in [-0.2, -0.15) is 0 Å². The van der Waals surface area contributed by atoms with Gasteiger partial charge >= 0.3 is 6.36 Å². The number of alkyl halides is 3. The van der Waals surface area contributed by atoms with Gasteiger partial charge in [0.2, 0.25) is 0 Å². The van der Waals surface area contributed by atoms with Crippen molar-refractivity contribution < 1.29 is 22.7 Å². The maximum Gasteiger partial charge on any atom is 0.573 e. The molecule has 0 radical (unpaired) electrons. The van der Waals surface area contributed by atoms with Crippen LogP contribution in [0, 0.1) is 0 Å². The van der Waals surface area contributed by atoms with Gasteiger partial charge in [0.1, 0.15) is 5.75 Å².